The van der Waals surface area contributed by atoms with Gasteiger partial charge in [0.1, 0.15) is 4.21 Å². The lowest BCUT2D eigenvalue weighted by Crippen LogP contribution is -2.44. The van der Waals surface area contributed by atoms with Crippen molar-refractivity contribution in [1.82, 2.24) is 14.9 Å². The summed E-state index contributed by atoms with van der Waals surface area (Å²) in [7, 11) is -3.35. The van der Waals surface area contributed by atoms with Crippen LogP contribution in [-0.2, 0) is 16.6 Å². The zero-order valence-electron chi connectivity index (χ0n) is 16.3. The zero-order valence-corrected chi connectivity index (χ0v) is 17.9. The standard InChI is InChI=1S/C18H32N4O2S2/c1-5-19-18(21-15(4)14(2)3)20-13-16-9-10-17(25-16)26(23,24)22-11-7-6-8-12-22/h9-10,14-15H,5-8,11-13H2,1-4H3,(H2,19,20,21). The fourth-order valence-electron chi connectivity index (χ4n) is 2.67. The molecule has 2 N–H and O–H groups in total. The van der Waals surface area contributed by atoms with Crippen molar-refractivity contribution in [2.24, 2.45) is 10.9 Å². The minimum absolute atomic E-state index is 0.311. The molecule has 1 aliphatic heterocycles. The Hall–Kier alpha value is -1.12. The van der Waals surface area contributed by atoms with E-state index < -0.39 is 10.0 Å². The lowest BCUT2D eigenvalue weighted by atomic mass is 10.1. The molecule has 0 amide bonds. The molecule has 1 aliphatic rings. The van der Waals surface area contributed by atoms with Crippen LogP contribution in [0, 0.1) is 5.92 Å². The molecule has 1 aromatic rings. The van der Waals surface area contributed by atoms with Gasteiger partial charge in [-0.1, -0.05) is 20.3 Å². The molecule has 1 aromatic heterocycles. The lowest BCUT2D eigenvalue weighted by Gasteiger charge is -2.25. The highest BCUT2D eigenvalue weighted by molar-refractivity contribution is 7.91. The topological polar surface area (TPSA) is 73.8 Å². The summed E-state index contributed by atoms with van der Waals surface area (Å²) < 4.78 is 27.5. The zero-order chi connectivity index (χ0) is 19.2. The Bertz CT molecular complexity index is 692. The number of thiophene rings is 1. The summed E-state index contributed by atoms with van der Waals surface area (Å²) in [4.78, 5) is 5.56. The Labute approximate surface area is 162 Å². The molecule has 0 radical (unpaired) electrons. The average Bonchev–Trinajstić information content (AvgIpc) is 3.10. The van der Waals surface area contributed by atoms with E-state index in [1.54, 1.807) is 10.4 Å². The van der Waals surface area contributed by atoms with Gasteiger partial charge in [-0.25, -0.2) is 13.4 Å². The van der Waals surface area contributed by atoms with Crippen LogP contribution in [0.4, 0.5) is 0 Å². The number of sulfonamides is 1. The molecule has 0 bridgehead atoms. The molecule has 0 saturated carbocycles. The van der Waals surface area contributed by atoms with Crippen LogP contribution < -0.4 is 10.6 Å². The van der Waals surface area contributed by atoms with E-state index in [2.05, 4.69) is 36.4 Å². The molecule has 1 fully saturated rings. The maximum absolute atomic E-state index is 12.7. The van der Waals surface area contributed by atoms with Gasteiger partial charge in [0, 0.05) is 30.6 Å². The molecular weight excluding hydrogens is 368 g/mol. The average molecular weight is 401 g/mol. The van der Waals surface area contributed by atoms with Crippen molar-refractivity contribution in [3.05, 3.63) is 17.0 Å². The maximum Gasteiger partial charge on any atom is 0.252 e. The molecule has 1 unspecified atom stereocenters. The van der Waals surface area contributed by atoms with E-state index in [9.17, 15) is 8.42 Å². The van der Waals surface area contributed by atoms with Gasteiger partial charge in [0.15, 0.2) is 5.96 Å². The summed E-state index contributed by atoms with van der Waals surface area (Å²) >= 11 is 1.33. The van der Waals surface area contributed by atoms with E-state index >= 15 is 0 Å². The first-order chi connectivity index (χ1) is 12.3. The number of hydrogen-bond donors (Lipinski definition) is 2. The van der Waals surface area contributed by atoms with Gasteiger partial charge in [0.25, 0.3) is 10.0 Å². The van der Waals surface area contributed by atoms with Crippen LogP contribution in [0.25, 0.3) is 0 Å². The van der Waals surface area contributed by atoms with Crippen molar-refractivity contribution in [3.63, 3.8) is 0 Å². The second kappa shape index (κ2) is 9.71. The molecule has 0 aliphatic carbocycles. The van der Waals surface area contributed by atoms with E-state index in [4.69, 9.17) is 0 Å². The van der Waals surface area contributed by atoms with Crippen molar-refractivity contribution in [2.75, 3.05) is 19.6 Å². The van der Waals surface area contributed by atoms with Gasteiger partial charge in [-0.3, -0.25) is 0 Å². The number of hydrogen-bond acceptors (Lipinski definition) is 4. The quantitative estimate of drug-likeness (QED) is 0.545. The first-order valence-corrected chi connectivity index (χ1v) is 11.7. The Kier molecular flexibility index (Phi) is 7.91. The lowest BCUT2D eigenvalue weighted by molar-refractivity contribution is 0.347. The summed E-state index contributed by atoms with van der Waals surface area (Å²) in [6, 6.07) is 3.91. The van der Waals surface area contributed by atoms with Crippen LogP contribution >= 0.6 is 11.3 Å². The molecular formula is C18H32N4O2S2. The molecule has 6 nitrogen and oxygen atoms in total. The van der Waals surface area contributed by atoms with Crippen LogP contribution in [0.5, 0.6) is 0 Å². The number of rotatable bonds is 7. The predicted octanol–water partition coefficient (Wildman–Crippen LogP) is 3.02. The van der Waals surface area contributed by atoms with E-state index in [-0.39, 0.29) is 0 Å². The second-order valence-corrected chi connectivity index (χ2v) is 10.4. The number of aliphatic imine (C=N–C) groups is 1. The first-order valence-electron chi connectivity index (χ1n) is 9.48. The van der Waals surface area contributed by atoms with Gasteiger partial charge in [-0.15, -0.1) is 11.3 Å². The first kappa shape index (κ1) is 21.2. The molecule has 2 rings (SSSR count). The van der Waals surface area contributed by atoms with Crippen molar-refractivity contribution in [2.45, 2.75) is 63.8 Å². The highest BCUT2D eigenvalue weighted by Gasteiger charge is 2.27. The molecule has 0 aromatic carbocycles. The Morgan fingerprint density at radius 1 is 1.23 bits per heavy atom. The molecule has 1 saturated heterocycles. The molecule has 8 heteroatoms. The van der Waals surface area contributed by atoms with Crippen LogP contribution in [0.1, 0.15) is 51.8 Å². The summed E-state index contributed by atoms with van der Waals surface area (Å²) in [6.45, 7) is 11.0. The summed E-state index contributed by atoms with van der Waals surface area (Å²) in [6.07, 6.45) is 3.02. The van der Waals surface area contributed by atoms with E-state index in [1.807, 2.05) is 13.0 Å². The van der Waals surface area contributed by atoms with Gasteiger partial charge in [-0.05, 0) is 44.7 Å². The van der Waals surface area contributed by atoms with Crippen LogP contribution in [0.3, 0.4) is 0 Å². The third kappa shape index (κ3) is 5.69. The monoisotopic (exact) mass is 400 g/mol. The number of guanidine groups is 1. The van der Waals surface area contributed by atoms with Crippen LogP contribution in [0.2, 0.25) is 0 Å². The molecule has 148 valence electrons. The minimum Gasteiger partial charge on any atom is -0.357 e. The second-order valence-electron chi connectivity index (χ2n) is 7.06. The van der Waals surface area contributed by atoms with Gasteiger partial charge >= 0.3 is 0 Å². The number of nitrogens with zero attached hydrogens (tertiary/aromatic N) is 2. The smallest absolute Gasteiger partial charge is 0.252 e. The number of nitrogens with one attached hydrogen (secondary N) is 2. The Morgan fingerprint density at radius 2 is 1.92 bits per heavy atom. The summed E-state index contributed by atoms with van der Waals surface area (Å²) in [5.41, 5.74) is 0. The Balaban J connectivity index is 2.05. The summed E-state index contributed by atoms with van der Waals surface area (Å²) in [5.74, 6) is 1.27. The highest BCUT2D eigenvalue weighted by atomic mass is 32.2. The normalized spacial score (nSPS) is 18.1. The fourth-order valence-corrected chi connectivity index (χ4v) is 5.63. The van der Waals surface area contributed by atoms with Crippen molar-refractivity contribution in [1.29, 1.82) is 0 Å². The van der Waals surface area contributed by atoms with Gasteiger partial charge in [-0.2, -0.15) is 4.31 Å². The van der Waals surface area contributed by atoms with Crippen molar-refractivity contribution < 1.29 is 8.42 Å². The summed E-state index contributed by atoms with van der Waals surface area (Å²) in [5, 5.41) is 6.64. The molecule has 1 atom stereocenters. The van der Waals surface area contributed by atoms with Gasteiger partial charge in [0.2, 0.25) is 0 Å². The predicted molar refractivity (Wildman–Crippen MR) is 109 cm³/mol. The molecule has 0 spiro atoms. The SMILES string of the molecule is CCNC(=NCc1ccc(S(=O)(=O)N2CCCCC2)s1)NC(C)C(C)C. The highest BCUT2D eigenvalue weighted by Crippen LogP contribution is 2.27. The third-order valence-electron chi connectivity index (χ3n) is 4.65. The fraction of sp³-hybridized carbons (Fsp3) is 0.722. The maximum atomic E-state index is 12.7. The van der Waals surface area contributed by atoms with Gasteiger partial charge in [0.05, 0.1) is 6.54 Å². The number of piperidine rings is 1. The van der Waals surface area contributed by atoms with Crippen molar-refractivity contribution >= 4 is 27.3 Å². The Morgan fingerprint density at radius 3 is 2.54 bits per heavy atom. The van der Waals surface area contributed by atoms with Crippen LogP contribution in [-0.4, -0.2) is 44.4 Å². The van der Waals surface area contributed by atoms with E-state index in [0.29, 0.717) is 35.8 Å². The van der Waals surface area contributed by atoms with Gasteiger partial charge < -0.3 is 10.6 Å². The van der Waals surface area contributed by atoms with Crippen molar-refractivity contribution in [3.8, 4) is 0 Å². The molecule has 26 heavy (non-hydrogen) atoms. The van der Waals surface area contributed by atoms with Crippen LogP contribution in [0.15, 0.2) is 21.3 Å². The molecule has 2 heterocycles. The van der Waals surface area contributed by atoms with E-state index in [0.717, 1.165) is 36.6 Å². The van der Waals surface area contributed by atoms with E-state index in [1.165, 1.54) is 11.3 Å². The third-order valence-corrected chi connectivity index (χ3v) is 8.08. The minimum atomic E-state index is -3.35. The largest absolute Gasteiger partial charge is 0.357 e.